The van der Waals surface area contributed by atoms with Crippen molar-refractivity contribution < 1.29 is 23.5 Å². The number of amides is 1. The summed E-state index contributed by atoms with van der Waals surface area (Å²) in [6.45, 7) is 1.96. The molecule has 0 atom stereocenters. The van der Waals surface area contributed by atoms with Gasteiger partial charge in [-0.2, -0.15) is 0 Å². The van der Waals surface area contributed by atoms with Crippen LogP contribution < -0.4 is 10.1 Å². The van der Waals surface area contributed by atoms with Crippen LogP contribution in [0.5, 0.6) is 5.75 Å². The molecule has 3 aromatic rings. The molecule has 0 radical (unpaired) electrons. The van der Waals surface area contributed by atoms with Crippen molar-refractivity contribution in [3.63, 3.8) is 0 Å². The minimum absolute atomic E-state index is 0.140. The van der Waals surface area contributed by atoms with Gasteiger partial charge in [-0.25, -0.2) is 4.79 Å². The quantitative estimate of drug-likeness (QED) is 0.599. The summed E-state index contributed by atoms with van der Waals surface area (Å²) < 4.78 is 15.8. The van der Waals surface area contributed by atoms with Crippen LogP contribution in [0.3, 0.4) is 0 Å². The molecule has 0 saturated carbocycles. The number of methoxy groups -OCH3 is 1. The molecule has 3 rings (SSSR count). The minimum atomic E-state index is -0.414. The molecular weight excluding hydrogens is 382 g/mol. The number of hydrogen-bond donors (Lipinski definition) is 1. The monoisotopic (exact) mass is 399 g/mol. The molecule has 0 bridgehead atoms. The molecule has 0 aliphatic carbocycles. The molecule has 144 valence electrons. The van der Waals surface area contributed by atoms with Crippen LogP contribution in [0.1, 0.15) is 32.2 Å². The third kappa shape index (κ3) is 4.53. The standard InChI is InChI=1S/C21H18ClNO5/c1-13-17(22)4-3-5-18(13)23-20(24)19-11-10-16(28-19)12-27-15-8-6-14(7-9-15)21(25)26-2/h3-11H,12H2,1-2H3,(H,23,24). The topological polar surface area (TPSA) is 77.8 Å². The van der Waals surface area contributed by atoms with Crippen LogP contribution in [0.25, 0.3) is 0 Å². The fourth-order valence-corrected chi connectivity index (χ4v) is 2.64. The van der Waals surface area contributed by atoms with Gasteiger partial charge >= 0.3 is 5.97 Å². The first-order chi connectivity index (χ1) is 13.5. The molecule has 0 fully saturated rings. The highest BCUT2D eigenvalue weighted by atomic mass is 35.5. The summed E-state index contributed by atoms with van der Waals surface area (Å²) in [5, 5.41) is 3.35. The predicted octanol–water partition coefficient (Wildman–Crippen LogP) is 4.86. The predicted molar refractivity (Wildman–Crippen MR) is 105 cm³/mol. The van der Waals surface area contributed by atoms with Crippen molar-refractivity contribution in [3.8, 4) is 5.75 Å². The Hall–Kier alpha value is -3.25. The Morgan fingerprint density at radius 2 is 1.82 bits per heavy atom. The van der Waals surface area contributed by atoms with E-state index in [1.807, 2.05) is 6.92 Å². The smallest absolute Gasteiger partial charge is 0.337 e. The van der Waals surface area contributed by atoms with E-state index >= 15 is 0 Å². The van der Waals surface area contributed by atoms with Crippen molar-refractivity contribution in [1.29, 1.82) is 0 Å². The average molecular weight is 400 g/mol. The first-order valence-electron chi connectivity index (χ1n) is 8.44. The van der Waals surface area contributed by atoms with Crippen LogP contribution in [0.2, 0.25) is 5.02 Å². The van der Waals surface area contributed by atoms with Crippen LogP contribution in [0.15, 0.2) is 59.0 Å². The highest BCUT2D eigenvalue weighted by Gasteiger charge is 2.14. The summed E-state index contributed by atoms with van der Waals surface area (Å²) in [5.41, 5.74) is 1.84. The maximum atomic E-state index is 12.4. The molecule has 1 amide bonds. The molecular formula is C21H18ClNO5. The number of esters is 1. The number of nitrogens with one attached hydrogen (secondary N) is 1. The summed E-state index contributed by atoms with van der Waals surface area (Å²) in [6.07, 6.45) is 0. The van der Waals surface area contributed by atoms with E-state index < -0.39 is 5.97 Å². The van der Waals surface area contributed by atoms with E-state index in [9.17, 15) is 9.59 Å². The van der Waals surface area contributed by atoms with Crippen molar-refractivity contribution in [2.24, 2.45) is 0 Å². The van der Waals surface area contributed by atoms with E-state index in [1.54, 1.807) is 54.6 Å². The zero-order valence-electron chi connectivity index (χ0n) is 15.3. The normalized spacial score (nSPS) is 10.4. The number of carbonyl (C=O) groups is 2. The lowest BCUT2D eigenvalue weighted by molar-refractivity contribution is 0.0600. The lowest BCUT2D eigenvalue weighted by atomic mass is 10.2. The van der Waals surface area contributed by atoms with Gasteiger partial charge in [0.1, 0.15) is 18.1 Å². The van der Waals surface area contributed by atoms with E-state index in [0.717, 1.165) is 5.56 Å². The number of halogens is 1. The third-order valence-corrected chi connectivity index (χ3v) is 4.47. The van der Waals surface area contributed by atoms with Gasteiger partial charge in [0.2, 0.25) is 0 Å². The van der Waals surface area contributed by atoms with Gasteiger partial charge < -0.3 is 19.2 Å². The zero-order chi connectivity index (χ0) is 20.1. The number of furan rings is 1. The largest absolute Gasteiger partial charge is 0.486 e. The molecule has 7 heteroatoms. The summed E-state index contributed by atoms with van der Waals surface area (Å²) in [7, 11) is 1.32. The lowest BCUT2D eigenvalue weighted by Gasteiger charge is -2.08. The van der Waals surface area contributed by atoms with E-state index in [-0.39, 0.29) is 18.3 Å². The van der Waals surface area contributed by atoms with Gasteiger partial charge in [-0.1, -0.05) is 17.7 Å². The van der Waals surface area contributed by atoms with E-state index in [2.05, 4.69) is 10.1 Å². The number of rotatable bonds is 6. The van der Waals surface area contributed by atoms with Crippen LogP contribution in [0.4, 0.5) is 5.69 Å². The van der Waals surface area contributed by atoms with Crippen molar-refractivity contribution in [2.45, 2.75) is 13.5 Å². The molecule has 1 N–H and O–H groups in total. The maximum Gasteiger partial charge on any atom is 0.337 e. The molecule has 0 unspecified atom stereocenters. The Morgan fingerprint density at radius 1 is 1.07 bits per heavy atom. The number of benzene rings is 2. The van der Waals surface area contributed by atoms with E-state index in [1.165, 1.54) is 7.11 Å². The molecule has 1 heterocycles. The summed E-state index contributed by atoms with van der Waals surface area (Å²) in [5.74, 6) is 0.427. The highest BCUT2D eigenvalue weighted by Crippen LogP contribution is 2.24. The number of ether oxygens (including phenoxy) is 2. The summed E-state index contributed by atoms with van der Waals surface area (Å²) in [6, 6.07) is 15.1. The number of carbonyl (C=O) groups excluding carboxylic acids is 2. The second kappa shape index (κ2) is 8.63. The minimum Gasteiger partial charge on any atom is -0.486 e. The first kappa shape index (κ1) is 19.5. The van der Waals surface area contributed by atoms with Crippen LogP contribution in [0, 0.1) is 6.92 Å². The van der Waals surface area contributed by atoms with Gasteiger partial charge in [0, 0.05) is 10.7 Å². The van der Waals surface area contributed by atoms with Crippen molar-refractivity contribution in [3.05, 3.63) is 82.3 Å². The second-order valence-electron chi connectivity index (χ2n) is 5.94. The SMILES string of the molecule is COC(=O)c1ccc(OCc2ccc(C(=O)Nc3cccc(Cl)c3C)o2)cc1. The Bertz CT molecular complexity index is 994. The maximum absolute atomic E-state index is 12.4. The van der Waals surface area contributed by atoms with Gasteiger partial charge in [0.15, 0.2) is 5.76 Å². The van der Waals surface area contributed by atoms with Gasteiger partial charge in [-0.15, -0.1) is 0 Å². The summed E-state index contributed by atoms with van der Waals surface area (Å²) >= 11 is 6.07. The van der Waals surface area contributed by atoms with E-state index in [0.29, 0.717) is 27.8 Å². The molecule has 0 spiro atoms. The Kier molecular flexibility index (Phi) is 6.01. The molecule has 0 saturated heterocycles. The van der Waals surface area contributed by atoms with Crippen molar-refractivity contribution in [1.82, 2.24) is 0 Å². The zero-order valence-corrected chi connectivity index (χ0v) is 16.1. The summed E-state index contributed by atoms with van der Waals surface area (Å²) in [4.78, 5) is 23.8. The lowest BCUT2D eigenvalue weighted by Crippen LogP contribution is -2.12. The molecule has 1 aromatic heterocycles. The second-order valence-corrected chi connectivity index (χ2v) is 6.34. The average Bonchev–Trinajstić information content (AvgIpc) is 3.19. The van der Waals surface area contributed by atoms with Crippen LogP contribution >= 0.6 is 11.6 Å². The van der Waals surface area contributed by atoms with Crippen molar-refractivity contribution in [2.75, 3.05) is 12.4 Å². The molecule has 0 aliphatic heterocycles. The number of anilines is 1. The molecule has 28 heavy (non-hydrogen) atoms. The highest BCUT2D eigenvalue weighted by molar-refractivity contribution is 6.31. The third-order valence-electron chi connectivity index (χ3n) is 4.06. The van der Waals surface area contributed by atoms with Gasteiger partial charge in [0.05, 0.1) is 12.7 Å². The first-order valence-corrected chi connectivity index (χ1v) is 8.82. The van der Waals surface area contributed by atoms with Crippen LogP contribution in [-0.4, -0.2) is 19.0 Å². The van der Waals surface area contributed by atoms with Gasteiger partial charge in [-0.05, 0) is 61.0 Å². The molecule has 0 aliphatic rings. The Labute approximate surface area is 167 Å². The van der Waals surface area contributed by atoms with Gasteiger partial charge in [0.25, 0.3) is 5.91 Å². The Morgan fingerprint density at radius 3 is 2.54 bits per heavy atom. The fraction of sp³-hybridized carbons (Fsp3) is 0.143. The van der Waals surface area contributed by atoms with E-state index in [4.69, 9.17) is 20.8 Å². The number of hydrogen-bond acceptors (Lipinski definition) is 5. The van der Waals surface area contributed by atoms with Gasteiger partial charge in [-0.3, -0.25) is 4.79 Å². The van der Waals surface area contributed by atoms with Crippen LogP contribution in [-0.2, 0) is 11.3 Å². The van der Waals surface area contributed by atoms with Crippen molar-refractivity contribution >= 4 is 29.2 Å². The Balaban J connectivity index is 1.60. The molecule has 2 aromatic carbocycles. The fourth-order valence-electron chi connectivity index (χ4n) is 2.46. The molecule has 6 nitrogen and oxygen atoms in total.